The molecule has 0 spiro atoms. The fraction of sp³-hybridized carbons (Fsp3) is 0.182. The van der Waals surface area contributed by atoms with E-state index in [1.54, 1.807) is 0 Å². The van der Waals surface area contributed by atoms with E-state index in [9.17, 15) is 0 Å². The van der Waals surface area contributed by atoms with Crippen LogP contribution in [0.5, 0.6) is 5.75 Å². The molecule has 0 saturated carbocycles. The van der Waals surface area contributed by atoms with Crippen LogP contribution in [0.4, 0.5) is 0 Å². The van der Waals surface area contributed by atoms with E-state index >= 15 is 0 Å². The Labute approximate surface area is 73.4 Å². The molecule has 0 fully saturated rings. The summed E-state index contributed by atoms with van der Waals surface area (Å²) in [5.74, 6) is 3.22. The van der Waals surface area contributed by atoms with Crippen molar-refractivity contribution < 1.29 is 4.74 Å². The van der Waals surface area contributed by atoms with Gasteiger partial charge in [-0.05, 0) is 31.0 Å². The Balaban J connectivity index is 2.60. The molecule has 0 aliphatic heterocycles. The van der Waals surface area contributed by atoms with Crippen LogP contribution < -0.4 is 4.74 Å². The zero-order chi connectivity index (χ0) is 8.81. The van der Waals surface area contributed by atoms with Crippen LogP contribution in [-0.2, 0) is 6.42 Å². The van der Waals surface area contributed by atoms with Gasteiger partial charge in [-0.25, -0.2) is 0 Å². The fourth-order valence-corrected chi connectivity index (χ4v) is 0.877. The molecule has 0 atom stereocenters. The summed E-state index contributed by atoms with van der Waals surface area (Å²) < 4.78 is 5.20. The third-order valence-electron chi connectivity index (χ3n) is 1.53. The molecule has 1 heteroatoms. The largest absolute Gasteiger partial charge is 0.481 e. The lowest BCUT2D eigenvalue weighted by molar-refractivity contribution is 0.370. The van der Waals surface area contributed by atoms with Crippen LogP contribution in [-0.4, -0.2) is 6.61 Å². The van der Waals surface area contributed by atoms with Crippen molar-refractivity contribution in [2.75, 3.05) is 6.61 Å². The average molecular weight is 159 g/mol. The quantitative estimate of drug-likeness (QED) is 0.613. The molecule has 1 nitrogen and oxygen atoms in total. The topological polar surface area (TPSA) is 9.23 Å². The van der Waals surface area contributed by atoms with Crippen molar-refractivity contribution in [1.82, 2.24) is 0 Å². The normalized spacial score (nSPS) is 9.00. The van der Waals surface area contributed by atoms with Crippen LogP contribution in [0.25, 0.3) is 0 Å². The SMILES string of the molecule is C#CCOc1ccc(C[CH2])cc1. The zero-order valence-corrected chi connectivity index (χ0v) is 6.92. The van der Waals surface area contributed by atoms with E-state index in [-0.39, 0.29) is 0 Å². The smallest absolute Gasteiger partial charge is 0.148 e. The Morgan fingerprint density at radius 2 is 2.00 bits per heavy atom. The van der Waals surface area contributed by atoms with Gasteiger partial charge in [0.2, 0.25) is 0 Å². The lowest BCUT2D eigenvalue weighted by Crippen LogP contribution is -1.93. The second kappa shape index (κ2) is 4.46. The van der Waals surface area contributed by atoms with Crippen LogP contribution in [0, 0.1) is 19.3 Å². The number of rotatable bonds is 3. The molecule has 61 valence electrons. The van der Waals surface area contributed by atoms with E-state index in [4.69, 9.17) is 11.2 Å². The first kappa shape index (κ1) is 8.67. The molecule has 12 heavy (non-hydrogen) atoms. The molecule has 0 aliphatic rings. The van der Waals surface area contributed by atoms with Crippen molar-refractivity contribution in [3.05, 3.63) is 36.8 Å². The van der Waals surface area contributed by atoms with Crippen molar-refractivity contribution in [2.45, 2.75) is 6.42 Å². The van der Waals surface area contributed by atoms with E-state index in [1.807, 2.05) is 24.3 Å². The summed E-state index contributed by atoms with van der Waals surface area (Å²) in [5.41, 5.74) is 1.20. The highest BCUT2D eigenvalue weighted by Gasteiger charge is 1.91. The van der Waals surface area contributed by atoms with E-state index in [1.165, 1.54) is 5.56 Å². The number of benzene rings is 1. The maximum atomic E-state index is 5.20. The minimum Gasteiger partial charge on any atom is -0.481 e. The molecule has 0 aromatic heterocycles. The highest BCUT2D eigenvalue weighted by molar-refractivity contribution is 5.27. The van der Waals surface area contributed by atoms with Crippen LogP contribution in [0.15, 0.2) is 24.3 Å². The first-order valence-electron chi connectivity index (χ1n) is 3.81. The van der Waals surface area contributed by atoms with Gasteiger partial charge < -0.3 is 4.74 Å². The fourth-order valence-electron chi connectivity index (χ4n) is 0.877. The minimum atomic E-state index is 0.323. The Kier molecular flexibility index (Phi) is 3.22. The summed E-state index contributed by atoms with van der Waals surface area (Å²) in [5, 5.41) is 0. The van der Waals surface area contributed by atoms with Gasteiger partial charge in [-0.3, -0.25) is 0 Å². The van der Waals surface area contributed by atoms with E-state index in [0.717, 1.165) is 12.2 Å². The third kappa shape index (κ3) is 2.32. The average Bonchev–Trinajstić information content (AvgIpc) is 2.15. The molecule has 1 radical (unpaired) electrons. The maximum absolute atomic E-state index is 5.20. The van der Waals surface area contributed by atoms with Gasteiger partial charge in [-0.15, -0.1) is 6.42 Å². The van der Waals surface area contributed by atoms with Crippen molar-refractivity contribution in [3.63, 3.8) is 0 Å². The van der Waals surface area contributed by atoms with Crippen molar-refractivity contribution in [3.8, 4) is 18.1 Å². The predicted molar refractivity (Wildman–Crippen MR) is 49.8 cm³/mol. The van der Waals surface area contributed by atoms with Crippen molar-refractivity contribution in [2.24, 2.45) is 0 Å². The van der Waals surface area contributed by atoms with E-state index in [0.29, 0.717) is 6.61 Å². The molecular weight excluding hydrogens is 148 g/mol. The maximum Gasteiger partial charge on any atom is 0.148 e. The van der Waals surface area contributed by atoms with Gasteiger partial charge in [0, 0.05) is 0 Å². The van der Waals surface area contributed by atoms with Gasteiger partial charge in [-0.2, -0.15) is 0 Å². The summed E-state index contributed by atoms with van der Waals surface area (Å²) in [6.45, 7) is 4.10. The molecule has 0 heterocycles. The number of hydrogen-bond acceptors (Lipinski definition) is 1. The Bertz CT molecular complexity index is 266. The summed E-state index contributed by atoms with van der Waals surface area (Å²) in [7, 11) is 0. The van der Waals surface area contributed by atoms with Gasteiger partial charge in [-0.1, -0.05) is 18.1 Å². The first-order chi connectivity index (χ1) is 5.86. The summed E-state index contributed by atoms with van der Waals surface area (Å²) in [6.07, 6.45) is 5.85. The van der Waals surface area contributed by atoms with Gasteiger partial charge in [0.25, 0.3) is 0 Å². The van der Waals surface area contributed by atoms with Crippen LogP contribution >= 0.6 is 0 Å². The van der Waals surface area contributed by atoms with E-state index < -0.39 is 0 Å². The molecule has 1 aromatic rings. The molecule has 0 bridgehead atoms. The molecule has 0 amide bonds. The predicted octanol–water partition coefficient (Wildman–Crippen LogP) is 2.08. The van der Waals surface area contributed by atoms with Crippen LogP contribution in [0.3, 0.4) is 0 Å². The van der Waals surface area contributed by atoms with Gasteiger partial charge in [0.1, 0.15) is 12.4 Å². The monoisotopic (exact) mass is 159 g/mol. The van der Waals surface area contributed by atoms with E-state index in [2.05, 4.69) is 12.8 Å². The molecule has 1 aromatic carbocycles. The van der Waals surface area contributed by atoms with Crippen molar-refractivity contribution in [1.29, 1.82) is 0 Å². The number of terminal acetylenes is 1. The first-order valence-corrected chi connectivity index (χ1v) is 3.81. The molecule has 1 rings (SSSR count). The number of hydrogen-bond donors (Lipinski definition) is 0. The molecule has 0 saturated heterocycles. The van der Waals surface area contributed by atoms with Gasteiger partial charge >= 0.3 is 0 Å². The summed E-state index contributed by atoms with van der Waals surface area (Å²) in [6, 6.07) is 7.77. The molecule has 0 aliphatic carbocycles. The highest BCUT2D eigenvalue weighted by atomic mass is 16.5. The van der Waals surface area contributed by atoms with Gasteiger partial charge in [0.15, 0.2) is 0 Å². The molecule has 0 unspecified atom stereocenters. The summed E-state index contributed by atoms with van der Waals surface area (Å²) >= 11 is 0. The minimum absolute atomic E-state index is 0.323. The second-order valence-electron chi connectivity index (χ2n) is 2.39. The molecule has 0 N–H and O–H groups in total. The van der Waals surface area contributed by atoms with Crippen LogP contribution in [0.1, 0.15) is 5.56 Å². The van der Waals surface area contributed by atoms with Gasteiger partial charge in [0.05, 0.1) is 0 Å². The third-order valence-corrected chi connectivity index (χ3v) is 1.53. The molecular formula is C11H11O. The Morgan fingerprint density at radius 1 is 1.33 bits per heavy atom. The Hall–Kier alpha value is -1.42. The lowest BCUT2D eigenvalue weighted by atomic mass is 10.2. The Morgan fingerprint density at radius 3 is 2.50 bits per heavy atom. The second-order valence-corrected chi connectivity index (χ2v) is 2.39. The summed E-state index contributed by atoms with van der Waals surface area (Å²) in [4.78, 5) is 0. The number of ether oxygens (including phenoxy) is 1. The van der Waals surface area contributed by atoms with Crippen molar-refractivity contribution >= 4 is 0 Å². The standard InChI is InChI=1S/C11H11O/c1-3-9-12-11-7-5-10(4-2)6-8-11/h1,5-8H,2,4,9H2. The zero-order valence-electron chi connectivity index (χ0n) is 6.92. The lowest BCUT2D eigenvalue weighted by Gasteiger charge is -2.02. The van der Waals surface area contributed by atoms with Crippen LogP contribution in [0.2, 0.25) is 0 Å². The highest BCUT2D eigenvalue weighted by Crippen LogP contribution is 2.11.